The summed E-state index contributed by atoms with van der Waals surface area (Å²) < 4.78 is 0. The number of rotatable bonds is 5. The number of fused-ring (bicyclic) bond motifs is 2. The van der Waals surface area contributed by atoms with Crippen molar-refractivity contribution < 1.29 is 9.90 Å². The second-order valence-corrected chi connectivity index (χ2v) is 6.52. The van der Waals surface area contributed by atoms with Gasteiger partial charge in [-0.05, 0) is 46.1 Å². The van der Waals surface area contributed by atoms with E-state index in [1.165, 1.54) is 25.7 Å². The van der Waals surface area contributed by atoms with Crippen molar-refractivity contribution >= 4 is 5.97 Å². The van der Waals surface area contributed by atoms with Crippen molar-refractivity contribution in [3.8, 4) is 0 Å². The minimum atomic E-state index is -0.696. The molecule has 0 aromatic carbocycles. The number of hydrogen-bond donors (Lipinski definition) is 2. The molecule has 18 heavy (non-hydrogen) atoms. The van der Waals surface area contributed by atoms with Gasteiger partial charge in [0.15, 0.2) is 0 Å². The van der Waals surface area contributed by atoms with Gasteiger partial charge in [-0.2, -0.15) is 0 Å². The zero-order valence-corrected chi connectivity index (χ0v) is 11.8. The Morgan fingerprint density at radius 2 is 1.89 bits per heavy atom. The lowest BCUT2D eigenvalue weighted by molar-refractivity contribution is -0.148. The Hall–Kier alpha value is -0.610. The van der Waals surface area contributed by atoms with Gasteiger partial charge in [0, 0.05) is 24.7 Å². The second kappa shape index (κ2) is 5.17. The van der Waals surface area contributed by atoms with Gasteiger partial charge in [-0.1, -0.05) is 6.92 Å². The first-order valence-electron chi connectivity index (χ1n) is 7.16. The van der Waals surface area contributed by atoms with E-state index in [1.807, 2.05) is 13.8 Å². The average molecular weight is 254 g/mol. The topological polar surface area (TPSA) is 52.6 Å². The van der Waals surface area contributed by atoms with Crippen molar-refractivity contribution in [3.05, 3.63) is 0 Å². The number of aliphatic carboxylic acids is 1. The third-order valence-electron chi connectivity index (χ3n) is 4.55. The summed E-state index contributed by atoms with van der Waals surface area (Å²) in [6.45, 7) is 7.40. The highest BCUT2D eigenvalue weighted by Crippen LogP contribution is 2.31. The van der Waals surface area contributed by atoms with Crippen molar-refractivity contribution in [2.45, 2.75) is 64.6 Å². The van der Waals surface area contributed by atoms with Gasteiger partial charge in [0.1, 0.15) is 0 Å². The van der Waals surface area contributed by atoms with E-state index in [0.29, 0.717) is 24.7 Å². The number of carboxylic acid groups (broad SMARTS) is 1. The van der Waals surface area contributed by atoms with Crippen molar-refractivity contribution in [2.24, 2.45) is 5.41 Å². The van der Waals surface area contributed by atoms with Crippen LogP contribution in [0.25, 0.3) is 0 Å². The van der Waals surface area contributed by atoms with Gasteiger partial charge < -0.3 is 10.4 Å². The molecule has 104 valence electrons. The van der Waals surface area contributed by atoms with Crippen LogP contribution in [0.3, 0.4) is 0 Å². The molecule has 0 radical (unpaired) electrons. The van der Waals surface area contributed by atoms with E-state index >= 15 is 0 Å². The van der Waals surface area contributed by atoms with E-state index in [4.69, 9.17) is 0 Å². The molecule has 2 aliphatic heterocycles. The van der Waals surface area contributed by atoms with Crippen molar-refractivity contribution in [1.29, 1.82) is 0 Å². The Morgan fingerprint density at radius 3 is 2.33 bits per heavy atom. The van der Waals surface area contributed by atoms with Crippen molar-refractivity contribution in [2.75, 3.05) is 13.1 Å². The molecule has 0 aromatic heterocycles. The minimum absolute atomic E-state index is 0.562. The lowest BCUT2D eigenvalue weighted by atomic mass is 9.90. The molecule has 0 aliphatic carbocycles. The molecule has 2 rings (SSSR count). The fourth-order valence-electron chi connectivity index (χ4n) is 3.40. The van der Waals surface area contributed by atoms with Crippen LogP contribution in [0.4, 0.5) is 0 Å². The molecule has 4 heteroatoms. The number of carbonyl (C=O) groups is 1. The third-order valence-corrected chi connectivity index (χ3v) is 4.55. The summed E-state index contributed by atoms with van der Waals surface area (Å²) in [6, 6.07) is 1.89. The molecule has 2 atom stereocenters. The summed E-state index contributed by atoms with van der Waals surface area (Å²) in [5.74, 6) is -0.696. The predicted octanol–water partition coefficient (Wildman–Crippen LogP) is 1.70. The van der Waals surface area contributed by atoms with Gasteiger partial charge in [0.05, 0.1) is 5.41 Å². The Labute approximate surface area is 110 Å². The normalized spacial score (nSPS) is 31.9. The molecule has 0 spiro atoms. The highest BCUT2D eigenvalue weighted by atomic mass is 16.4. The van der Waals surface area contributed by atoms with Gasteiger partial charge in [0.25, 0.3) is 0 Å². The van der Waals surface area contributed by atoms with Gasteiger partial charge in [-0.3, -0.25) is 9.69 Å². The first kappa shape index (κ1) is 13.8. The average Bonchev–Trinajstić information content (AvgIpc) is 2.65. The molecule has 2 unspecified atom stereocenters. The van der Waals surface area contributed by atoms with E-state index in [-0.39, 0.29) is 0 Å². The molecule has 2 N–H and O–H groups in total. The number of carboxylic acids is 1. The molecule has 2 bridgehead atoms. The highest BCUT2D eigenvalue weighted by Gasteiger charge is 2.38. The molecular weight excluding hydrogens is 228 g/mol. The lowest BCUT2D eigenvalue weighted by Crippen LogP contribution is -2.51. The number of nitrogens with zero attached hydrogens (tertiary/aromatic N) is 1. The van der Waals surface area contributed by atoms with Crippen LogP contribution in [-0.2, 0) is 4.79 Å². The van der Waals surface area contributed by atoms with Crippen LogP contribution in [0.1, 0.15) is 46.5 Å². The fraction of sp³-hybridized carbons (Fsp3) is 0.929. The Kier molecular flexibility index (Phi) is 3.97. The summed E-state index contributed by atoms with van der Waals surface area (Å²) in [4.78, 5) is 13.6. The maximum atomic E-state index is 11.3. The van der Waals surface area contributed by atoms with Crippen LogP contribution in [0.15, 0.2) is 0 Å². The zero-order valence-electron chi connectivity index (χ0n) is 11.8. The zero-order chi connectivity index (χ0) is 13.3. The quantitative estimate of drug-likeness (QED) is 0.784. The Morgan fingerprint density at radius 1 is 1.33 bits per heavy atom. The van der Waals surface area contributed by atoms with Crippen LogP contribution in [0.2, 0.25) is 0 Å². The van der Waals surface area contributed by atoms with Gasteiger partial charge in [-0.15, -0.1) is 0 Å². The van der Waals surface area contributed by atoms with Crippen LogP contribution in [-0.4, -0.2) is 47.2 Å². The summed E-state index contributed by atoms with van der Waals surface area (Å²) in [7, 11) is 0. The second-order valence-electron chi connectivity index (χ2n) is 6.52. The molecule has 2 saturated heterocycles. The molecule has 2 aliphatic rings. The molecular formula is C14H26N2O2. The summed E-state index contributed by atoms with van der Waals surface area (Å²) in [6.07, 6.45) is 4.95. The number of nitrogens with one attached hydrogen (secondary N) is 1. The smallest absolute Gasteiger partial charge is 0.310 e. The maximum Gasteiger partial charge on any atom is 0.310 e. The summed E-state index contributed by atoms with van der Waals surface area (Å²) >= 11 is 0. The molecule has 0 saturated carbocycles. The summed E-state index contributed by atoms with van der Waals surface area (Å²) in [5.41, 5.74) is -0.653. The predicted molar refractivity (Wildman–Crippen MR) is 71.6 cm³/mol. The van der Waals surface area contributed by atoms with E-state index in [1.54, 1.807) is 0 Å². The van der Waals surface area contributed by atoms with Gasteiger partial charge in [0.2, 0.25) is 0 Å². The fourth-order valence-corrected chi connectivity index (χ4v) is 3.40. The SMILES string of the molecule is CCN(CC(C)(C)C(=O)O)C1CC2CCC(C1)N2. The van der Waals surface area contributed by atoms with Crippen LogP contribution < -0.4 is 5.32 Å². The molecule has 0 aromatic rings. The summed E-state index contributed by atoms with van der Waals surface area (Å²) in [5, 5.41) is 12.9. The highest BCUT2D eigenvalue weighted by molar-refractivity contribution is 5.73. The molecule has 0 amide bonds. The van der Waals surface area contributed by atoms with E-state index in [9.17, 15) is 9.90 Å². The third kappa shape index (κ3) is 2.86. The van der Waals surface area contributed by atoms with Crippen LogP contribution >= 0.6 is 0 Å². The molecule has 4 nitrogen and oxygen atoms in total. The van der Waals surface area contributed by atoms with E-state index in [0.717, 1.165) is 6.54 Å². The molecule has 2 fully saturated rings. The van der Waals surface area contributed by atoms with Crippen LogP contribution in [0.5, 0.6) is 0 Å². The first-order valence-corrected chi connectivity index (χ1v) is 7.16. The first-order chi connectivity index (χ1) is 8.42. The standard InChI is InChI=1S/C14H26N2O2/c1-4-16(9-14(2,3)13(17)18)12-7-10-5-6-11(8-12)15-10/h10-12,15H,4-9H2,1-3H3,(H,17,18). The van der Waals surface area contributed by atoms with Crippen molar-refractivity contribution in [1.82, 2.24) is 10.2 Å². The van der Waals surface area contributed by atoms with Crippen molar-refractivity contribution in [3.63, 3.8) is 0 Å². The number of hydrogen-bond acceptors (Lipinski definition) is 3. The van der Waals surface area contributed by atoms with Gasteiger partial charge in [-0.25, -0.2) is 0 Å². The number of piperidine rings is 1. The molecule has 2 heterocycles. The Balaban J connectivity index is 1.98. The Bertz CT molecular complexity index is 305. The maximum absolute atomic E-state index is 11.3. The lowest BCUT2D eigenvalue weighted by Gasteiger charge is -2.40. The minimum Gasteiger partial charge on any atom is -0.481 e. The monoisotopic (exact) mass is 254 g/mol. The van der Waals surface area contributed by atoms with Crippen LogP contribution in [0, 0.1) is 5.41 Å². The van der Waals surface area contributed by atoms with E-state index < -0.39 is 11.4 Å². The van der Waals surface area contributed by atoms with Gasteiger partial charge >= 0.3 is 5.97 Å². The largest absolute Gasteiger partial charge is 0.481 e. The van der Waals surface area contributed by atoms with E-state index in [2.05, 4.69) is 17.1 Å².